The average molecular weight is 229 g/mol. The number of aliphatic carboxylic acids is 1. The zero-order valence-electron chi connectivity index (χ0n) is 9.62. The molecule has 1 aromatic heterocycles. The summed E-state index contributed by atoms with van der Waals surface area (Å²) in [6, 6.07) is 4.37. The van der Waals surface area contributed by atoms with E-state index >= 15 is 0 Å². The Bertz CT molecular complexity index is 583. The van der Waals surface area contributed by atoms with E-state index in [1.54, 1.807) is 0 Å². The van der Waals surface area contributed by atoms with Crippen LogP contribution in [0.25, 0.3) is 10.9 Å². The summed E-state index contributed by atoms with van der Waals surface area (Å²) < 4.78 is 0. The number of aromatic amines is 1. The van der Waals surface area contributed by atoms with E-state index < -0.39 is 5.97 Å². The van der Waals surface area contributed by atoms with E-state index in [1.807, 2.05) is 6.20 Å². The van der Waals surface area contributed by atoms with Crippen LogP contribution in [0.15, 0.2) is 18.3 Å². The molecule has 0 radical (unpaired) electrons. The predicted octanol–water partition coefficient (Wildman–Crippen LogP) is 2.67. The average Bonchev–Trinajstić information content (AvgIpc) is 2.68. The van der Waals surface area contributed by atoms with Crippen LogP contribution >= 0.6 is 0 Å². The van der Waals surface area contributed by atoms with Crippen LogP contribution in [0.3, 0.4) is 0 Å². The number of hydrogen-bond acceptors (Lipinski definition) is 1. The molecule has 0 amide bonds. The van der Waals surface area contributed by atoms with E-state index in [0.29, 0.717) is 0 Å². The number of hydrogen-bond donors (Lipinski definition) is 2. The fourth-order valence-electron chi connectivity index (χ4n) is 2.72. The van der Waals surface area contributed by atoms with Gasteiger partial charge in [0.2, 0.25) is 0 Å². The third-order valence-corrected chi connectivity index (χ3v) is 3.57. The number of rotatable bonds is 2. The molecular formula is C14H15NO2. The van der Waals surface area contributed by atoms with Crippen molar-refractivity contribution in [1.29, 1.82) is 0 Å². The number of benzene rings is 1. The van der Waals surface area contributed by atoms with Gasteiger partial charge in [-0.3, -0.25) is 4.79 Å². The second kappa shape index (κ2) is 3.91. The maximum atomic E-state index is 10.8. The van der Waals surface area contributed by atoms with Crippen LogP contribution in [0.1, 0.15) is 29.5 Å². The molecule has 0 aliphatic heterocycles. The van der Waals surface area contributed by atoms with Crippen LogP contribution < -0.4 is 0 Å². The highest BCUT2D eigenvalue weighted by atomic mass is 16.4. The largest absolute Gasteiger partial charge is 0.481 e. The van der Waals surface area contributed by atoms with Crippen LogP contribution in [-0.4, -0.2) is 16.1 Å². The van der Waals surface area contributed by atoms with Gasteiger partial charge in [-0.05, 0) is 54.5 Å². The van der Waals surface area contributed by atoms with Crippen molar-refractivity contribution in [2.24, 2.45) is 0 Å². The molecule has 2 aromatic rings. The molecule has 0 spiro atoms. The van der Waals surface area contributed by atoms with E-state index in [-0.39, 0.29) is 6.42 Å². The Balaban J connectivity index is 2.12. The SMILES string of the molecule is O=C(O)Cc1c[nH]c2cc3c(cc12)CCCC3. The summed E-state index contributed by atoms with van der Waals surface area (Å²) in [5, 5.41) is 9.95. The molecule has 2 N–H and O–H groups in total. The van der Waals surface area contributed by atoms with Crippen molar-refractivity contribution in [1.82, 2.24) is 4.98 Å². The monoisotopic (exact) mass is 229 g/mol. The molecule has 0 bridgehead atoms. The summed E-state index contributed by atoms with van der Waals surface area (Å²) in [6.07, 6.45) is 6.71. The van der Waals surface area contributed by atoms with E-state index in [4.69, 9.17) is 5.11 Å². The molecule has 17 heavy (non-hydrogen) atoms. The molecule has 3 heteroatoms. The molecule has 1 aliphatic rings. The zero-order chi connectivity index (χ0) is 11.8. The highest BCUT2D eigenvalue weighted by molar-refractivity contribution is 5.88. The Labute approximate surface area is 99.5 Å². The number of aromatic nitrogens is 1. The summed E-state index contributed by atoms with van der Waals surface area (Å²) in [4.78, 5) is 14.0. The van der Waals surface area contributed by atoms with Gasteiger partial charge in [0.1, 0.15) is 0 Å². The first-order valence-electron chi connectivity index (χ1n) is 6.07. The number of carboxylic acid groups (broad SMARTS) is 1. The molecule has 0 fully saturated rings. The third-order valence-electron chi connectivity index (χ3n) is 3.57. The van der Waals surface area contributed by atoms with Crippen LogP contribution in [0, 0.1) is 0 Å². The van der Waals surface area contributed by atoms with Crippen molar-refractivity contribution in [2.75, 3.05) is 0 Å². The number of carboxylic acids is 1. The van der Waals surface area contributed by atoms with E-state index in [9.17, 15) is 4.79 Å². The van der Waals surface area contributed by atoms with Gasteiger partial charge in [-0.2, -0.15) is 0 Å². The summed E-state index contributed by atoms with van der Waals surface area (Å²) >= 11 is 0. The van der Waals surface area contributed by atoms with Gasteiger partial charge in [-0.25, -0.2) is 0 Å². The Morgan fingerprint density at radius 2 is 1.94 bits per heavy atom. The smallest absolute Gasteiger partial charge is 0.307 e. The predicted molar refractivity (Wildman–Crippen MR) is 66.3 cm³/mol. The maximum absolute atomic E-state index is 10.8. The lowest BCUT2D eigenvalue weighted by Crippen LogP contribution is -2.03. The van der Waals surface area contributed by atoms with Crippen molar-refractivity contribution < 1.29 is 9.90 Å². The number of aryl methyl sites for hydroxylation is 2. The Morgan fingerprint density at radius 3 is 2.65 bits per heavy atom. The van der Waals surface area contributed by atoms with Crippen molar-refractivity contribution >= 4 is 16.9 Å². The second-order valence-electron chi connectivity index (χ2n) is 4.76. The molecule has 3 rings (SSSR count). The molecule has 0 saturated carbocycles. The van der Waals surface area contributed by atoms with Crippen molar-refractivity contribution in [3.05, 3.63) is 35.0 Å². The molecular weight excluding hydrogens is 214 g/mol. The fourth-order valence-corrected chi connectivity index (χ4v) is 2.72. The Morgan fingerprint density at radius 1 is 1.24 bits per heavy atom. The highest BCUT2D eigenvalue weighted by Crippen LogP contribution is 2.28. The van der Waals surface area contributed by atoms with Gasteiger partial charge in [-0.15, -0.1) is 0 Å². The minimum Gasteiger partial charge on any atom is -0.481 e. The zero-order valence-corrected chi connectivity index (χ0v) is 9.62. The second-order valence-corrected chi connectivity index (χ2v) is 4.76. The lowest BCUT2D eigenvalue weighted by atomic mass is 9.90. The van der Waals surface area contributed by atoms with Gasteiger partial charge in [0.25, 0.3) is 0 Å². The molecule has 0 atom stereocenters. The molecule has 3 nitrogen and oxygen atoms in total. The quantitative estimate of drug-likeness (QED) is 0.831. The number of carbonyl (C=O) groups is 1. The minimum absolute atomic E-state index is 0.0960. The first kappa shape index (κ1) is 10.4. The van der Waals surface area contributed by atoms with Crippen LogP contribution in [0.2, 0.25) is 0 Å². The van der Waals surface area contributed by atoms with Crippen LogP contribution in [0.4, 0.5) is 0 Å². The fraction of sp³-hybridized carbons (Fsp3) is 0.357. The van der Waals surface area contributed by atoms with Crippen LogP contribution in [-0.2, 0) is 24.1 Å². The standard InChI is InChI=1S/C14H15NO2/c16-14(17)7-11-8-15-13-6-10-4-2-1-3-9(10)5-12(11)13/h5-6,8,15H,1-4,7H2,(H,16,17). The number of nitrogens with one attached hydrogen (secondary N) is 1. The van der Waals surface area contributed by atoms with E-state index in [1.165, 1.54) is 24.0 Å². The van der Waals surface area contributed by atoms with Gasteiger partial charge in [0.15, 0.2) is 0 Å². The highest BCUT2D eigenvalue weighted by Gasteiger charge is 2.13. The molecule has 88 valence electrons. The lowest BCUT2D eigenvalue weighted by molar-refractivity contribution is -0.136. The number of H-pyrrole nitrogens is 1. The Hall–Kier alpha value is -1.77. The van der Waals surface area contributed by atoms with Gasteiger partial charge >= 0.3 is 5.97 Å². The molecule has 1 aromatic carbocycles. The van der Waals surface area contributed by atoms with Gasteiger partial charge < -0.3 is 10.1 Å². The third kappa shape index (κ3) is 1.82. The van der Waals surface area contributed by atoms with Gasteiger partial charge in [-0.1, -0.05) is 0 Å². The van der Waals surface area contributed by atoms with Gasteiger partial charge in [0, 0.05) is 17.1 Å². The first-order valence-corrected chi connectivity index (χ1v) is 6.07. The minimum atomic E-state index is -0.774. The molecule has 0 unspecified atom stereocenters. The molecule has 1 heterocycles. The molecule has 1 aliphatic carbocycles. The molecule has 0 saturated heterocycles. The maximum Gasteiger partial charge on any atom is 0.307 e. The topological polar surface area (TPSA) is 53.1 Å². The number of fused-ring (bicyclic) bond motifs is 2. The summed E-state index contributed by atoms with van der Waals surface area (Å²) in [5.41, 5.74) is 4.78. The van der Waals surface area contributed by atoms with E-state index in [2.05, 4.69) is 17.1 Å². The Kier molecular flexibility index (Phi) is 2.39. The summed E-state index contributed by atoms with van der Waals surface area (Å²) in [7, 11) is 0. The van der Waals surface area contributed by atoms with Crippen LogP contribution in [0.5, 0.6) is 0 Å². The first-order chi connectivity index (χ1) is 8.24. The normalized spacial score (nSPS) is 14.8. The van der Waals surface area contributed by atoms with E-state index in [0.717, 1.165) is 29.3 Å². The van der Waals surface area contributed by atoms with Gasteiger partial charge in [0.05, 0.1) is 6.42 Å². The lowest BCUT2D eigenvalue weighted by Gasteiger charge is -2.15. The summed E-state index contributed by atoms with van der Waals surface area (Å²) in [6.45, 7) is 0. The van der Waals surface area contributed by atoms with Crippen molar-refractivity contribution in [3.8, 4) is 0 Å². The summed E-state index contributed by atoms with van der Waals surface area (Å²) in [5.74, 6) is -0.774. The van der Waals surface area contributed by atoms with Crippen molar-refractivity contribution in [2.45, 2.75) is 32.1 Å². The van der Waals surface area contributed by atoms with Crippen molar-refractivity contribution in [3.63, 3.8) is 0 Å².